The lowest BCUT2D eigenvalue weighted by atomic mass is 10.4. The minimum Gasteiger partial charge on any atom is -0.309 e. The Bertz CT molecular complexity index is 49.5. The molecule has 0 saturated carbocycles. The summed E-state index contributed by atoms with van der Waals surface area (Å²) in [6.07, 6.45) is 1.11. The summed E-state index contributed by atoms with van der Waals surface area (Å²) in [7, 11) is 4.10. The predicted octanol–water partition coefficient (Wildman–Crippen LogP) is -0.177. The number of halogens is 1. The van der Waals surface area contributed by atoms with Crippen molar-refractivity contribution in [1.29, 1.82) is 0 Å². The van der Waals surface area contributed by atoms with Crippen molar-refractivity contribution in [2.75, 3.05) is 27.2 Å². The number of rotatable bonds is 4. The standard InChI is InChI=1S/C5H15N3.ClH/c1-8(2)5-3-4-7-6;/h7H,3-6H2,1-2H3;1H. The van der Waals surface area contributed by atoms with Crippen LogP contribution in [-0.2, 0) is 0 Å². The molecule has 0 rings (SSSR count). The molecular formula is C5H16ClN3. The van der Waals surface area contributed by atoms with Crippen LogP contribution in [0.4, 0.5) is 0 Å². The van der Waals surface area contributed by atoms with Crippen LogP contribution in [0.3, 0.4) is 0 Å². The molecule has 0 unspecified atom stereocenters. The van der Waals surface area contributed by atoms with E-state index in [1.165, 1.54) is 0 Å². The zero-order valence-corrected chi connectivity index (χ0v) is 6.87. The van der Waals surface area contributed by atoms with Crippen LogP contribution in [0.5, 0.6) is 0 Å². The van der Waals surface area contributed by atoms with Crippen molar-refractivity contribution >= 4 is 12.4 Å². The highest BCUT2D eigenvalue weighted by atomic mass is 35.5. The molecule has 0 aliphatic carbocycles. The summed E-state index contributed by atoms with van der Waals surface area (Å²) in [5.41, 5.74) is 2.60. The zero-order chi connectivity index (χ0) is 6.41. The van der Waals surface area contributed by atoms with E-state index in [1.807, 2.05) is 0 Å². The molecule has 0 spiro atoms. The van der Waals surface area contributed by atoms with E-state index in [2.05, 4.69) is 24.4 Å². The van der Waals surface area contributed by atoms with Crippen molar-refractivity contribution in [1.82, 2.24) is 10.3 Å². The molecule has 0 radical (unpaired) electrons. The van der Waals surface area contributed by atoms with Crippen LogP contribution in [0.25, 0.3) is 0 Å². The van der Waals surface area contributed by atoms with E-state index in [0.29, 0.717) is 0 Å². The molecule has 58 valence electrons. The summed E-state index contributed by atoms with van der Waals surface area (Å²) in [5.74, 6) is 5.05. The van der Waals surface area contributed by atoms with Crippen molar-refractivity contribution in [3.8, 4) is 0 Å². The summed E-state index contributed by atoms with van der Waals surface area (Å²) < 4.78 is 0. The lowest BCUT2D eigenvalue weighted by molar-refractivity contribution is 0.395. The Kier molecular flexibility index (Phi) is 10.8. The number of nitrogens with zero attached hydrogens (tertiary/aromatic N) is 1. The van der Waals surface area contributed by atoms with Crippen LogP contribution in [0.15, 0.2) is 0 Å². The van der Waals surface area contributed by atoms with Crippen LogP contribution in [0.2, 0.25) is 0 Å². The first kappa shape index (κ1) is 11.9. The minimum absolute atomic E-state index is 0. The van der Waals surface area contributed by atoms with Crippen LogP contribution in [0, 0.1) is 0 Å². The van der Waals surface area contributed by atoms with Crippen LogP contribution >= 0.6 is 12.4 Å². The fourth-order valence-electron chi connectivity index (χ4n) is 0.497. The SMILES string of the molecule is CN(C)CCCNN.Cl. The largest absolute Gasteiger partial charge is 0.309 e. The van der Waals surface area contributed by atoms with Gasteiger partial charge in [0.2, 0.25) is 0 Å². The maximum atomic E-state index is 5.05. The molecule has 0 aliphatic heterocycles. The molecule has 3 N–H and O–H groups in total. The van der Waals surface area contributed by atoms with Crippen molar-refractivity contribution in [3.63, 3.8) is 0 Å². The van der Waals surface area contributed by atoms with Gasteiger partial charge in [-0.15, -0.1) is 12.4 Å². The van der Waals surface area contributed by atoms with E-state index in [9.17, 15) is 0 Å². The molecule has 0 fully saturated rings. The molecule has 0 heterocycles. The van der Waals surface area contributed by atoms with Gasteiger partial charge in [0.15, 0.2) is 0 Å². The molecular weight excluding hydrogens is 138 g/mol. The first-order valence-corrected chi connectivity index (χ1v) is 2.85. The van der Waals surface area contributed by atoms with E-state index in [4.69, 9.17) is 5.84 Å². The molecule has 0 atom stereocenters. The summed E-state index contributed by atoms with van der Waals surface area (Å²) in [5, 5.41) is 0. The van der Waals surface area contributed by atoms with Crippen LogP contribution in [0.1, 0.15) is 6.42 Å². The third kappa shape index (κ3) is 11.6. The predicted molar refractivity (Wildman–Crippen MR) is 42.6 cm³/mol. The Morgan fingerprint density at radius 1 is 1.44 bits per heavy atom. The van der Waals surface area contributed by atoms with Gasteiger partial charge in [-0.05, 0) is 27.1 Å². The number of hydrazine groups is 1. The highest BCUT2D eigenvalue weighted by Gasteiger charge is 1.86. The Labute approximate surface area is 63.0 Å². The van der Waals surface area contributed by atoms with Gasteiger partial charge in [-0.1, -0.05) is 0 Å². The number of nitrogens with one attached hydrogen (secondary N) is 1. The van der Waals surface area contributed by atoms with Gasteiger partial charge in [-0.2, -0.15) is 0 Å². The topological polar surface area (TPSA) is 41.3 Å². The highest BCUT2D eigenvalue weighted by molar-refractivity contribution is 5.85. The Hall–Kier alpha value is 0.170. The van der Waals surface area contributed by atoms with Gasteiger partial charge in [-0.25, -0.2) is 0 Å². The van der Waals surface area contributed by atoms with E-state index in [-0.39, 0.29) is 12.4 Å². The summed E-state index contributed by atoms with van der Waals surface area (Å²) in [6, 6.07) is 0. The zero-order valence-electron chi connectivity index (χ0n) is 6.05. The average Bonchev–Trinajstić information content (AvgIpc) is 1.66. The third-order valence-corrected chi connectivity index (χ3v) is 0.926. The first-order chi connectivity index (χ1) is 3.77. The van der Waals surface area contributed by atoms with Gasteiger partial charge in [-0.3, -0.25) is 11.3 Å². The molecule has 0 aliphatic rings. The molecule has 3 nitrogen and oxygen atoms in total. The van der Waals surface area contributed by atoms with Gasteiger partial charge in [0.05, 0.1) is 0 Å². The minimum atomic E-state index is 0. The van der Waals surface area contributed by atoms with E-state index >= 15 is 0 Å². The maximum absolute atomic E-state index is 5.05. The summed E-state index contributed by atoms with van der Waals surface area (Å²) >= 11 is 0. The van der Waals surface area contributed by atoms with Gasteiger partial charge >= 0.3 is 0 Å². The normalized spacial score (nSPS) is 9.33. The fourth-order valence-corrected chi connectivity index (χ4v) is 0.497. The van der Waals surface area contributed by atoms with Crippen molar-refractivity contribution in [2.45, 2.75) is 6.42 Å². The highest BCUT2D eigenvalue weighted by Crippen LogP contribution is 1.77. The number of nitrogens with two attached hydrogens (primary N) is 1. The van der Waals surface area contributed by atoms with Crippen LogP contribution < -0.4 is 11.3 Å². The van der Waals surface area contributed by atoms with E-state index in [0.717, 1.165) is 19.5 Å². The second-order valence-corrected chi connectivity index (χ2v) is 2.11. The molecule has 0 saturated heterocycles. The lowest BCUT2D eigenvalue weighted by Gasteiger charge is -2.07. The smallest absolute Gasteiger partial charge is 0.0110 e. The molecule has 0 amide bonds. The third-order valence-electron chi connectivity index (χ3n) is 0.926. The fraction of sp³-hybridized carbons (Fsp3) is 1.00. The van der Waals surface area contributed by atoms with Gasteiger partial charge in [0.25, 0.3) is 0 Å². The van der Waals surface area contributed by atoms with Crippen LogP contribution in [-0.4, -0.2) is 32.1 Å². The summed E-state index contributed by atoms with van der Waals surface area (Å²) in [6.45, 7) is 2.00. The number of hydrogen-bond acceptors (Lipinski definition) is 3. The average molecular weight is 154 g/mol. The molecule has 0 aromatic carbocycles. The second kappa shape index (κ2) is 8.17. The lowest BCUT2D eigenvalue weighted by Crippen LogP contribution is -2.26. The van der Waals surface area contributed by atoms with Crippen molar-refractivity contribution < 1.29 is 0 Å². The molecule has 0 bridgehead atoms. The first-order valence-electron chi connectivity index (χ1n) is 2.85. The van der Waals surface area contributed by atoms with Gasteiger partial charge in [0.1, 0.15) is 0 Å². The summed E-state index contributed by atoms with van der Waals surface area (Å²) in [4.78, 5) is 2.14. The van der Waals surface area contributed by atoms with Crippen molar-refractivity contribution in [3.05, 3.63) is 0 Å². The molecule has 9 heavy (non-hydrogen) atoms. The molecule has 0 aromatic heterocycles. The quantitative estimate of drug-likeness (QED) is 0.335. The maximum Gasteiger partial charge on any atom is 0.0110 e. The second-order valence-electron chi connectivity index (χ2n) is 2.11. The molecule has 0 aromatic rings. The van der Waals surface area contributed by atoms with Crippen molar-refractivity contribution in [2.24, 2.45) is 5.84 Å². The monoisotopic (exact) mass is 153 g/mol. The Morgan fingerprint density at radius 2 is 2.00 bits per heavy atom. The Balaban J connectivity index is 0. The van der Waals surface area contributed by atoms with Gasteiger partial charge in [0, 0.05) is 6.54 Å². The van der Waals surface area contributed by atoms with E-state index < -0.39 is 0 Å². The molecule has 4 heteroatoms. The number of hydrogen-bond donors (Lipinski definition) is 2. The van der Waals surface area contributed by atoms with Gasteiger partial charge < -0.3 is 4.90 Å². The Morgan fingerprint density at radius 3 is 2.33 bits per heavy atom. The van der Waals surface area contributed by atoms with E-state index in [1.54, 1.807) is 0 Å².